The summed E-state index contributed by atoms with van der Waals surface area (Å²) >= 11 is 0. The summed E-state index contributed by atoms with van der Waals surface area (Å²) in [5.74, 6) is -0.314. The Kier molecular flexibility index (Phi) is 4.14. The number of hydrogen-bond acceptors (Lipinski definition) is 5. The van der Waals surface area contributed by atoms with Crippen LogP contribution in [-0.2, 0) is 14.4 Å². The molecule has 5 heteroatoms. The molecular weight excluding hydrogens is 172 g/mol. The molecule has 1 fully saturated rings. The van der Waals surface area contributed by atoms with Gasteiger partial charge in [0.2, 0.25) is 6.29 Å². The van der Waals surface area contributed by atoms with E-state index in [1.807, 2.05) is 0 Å². The molecule has 1 saturated heterocycles. The van der Waals surface area contributed by atoms with Gasteiger partial charge in [0.1, 0.15) is 0 Å². The lowest BCUT2D eigenvalue weighted by Crippen LogP contribution is -2.20. The fourth-order valence-corrected chi connectivity index (χ4v) is 1.30. The lowest BCUT2D eigenvalue weighted by Gasteiger charge is -2.06. The second-order valence-electron chi connectivity index (χ2n) is 3.14. The first-order chi connectivity index (χ1) is 6.22. The maximum atomic E-state index is 10.6. The van der Waals surface area contributed by atoms with Crippen LogP contribution in [0.5, 0.6) is 0 Å². The first kappa shape index (κ1) is 10.4. The third kappa shape index (κ3) is 3.71. The van der Waals surface area contributed by atoms with Crippen LogP contribution in [0.2, 0.25) is 0 Å². The van der Waals surface area contributed by atoms with E-state index in [2.05, 4.69) is 5.48 Å². The van der Waals surface area contributed by atoms with Crippen molar-refractivity contribution in [2.75, 3.05) is 6.54 Å². The van der Waals surface area contributed by atoms with Crippen LogP contribution in [0.15, 0.2) is 0 Å². The third-order valence-electron chi connectivity index (χ3n) is 1.90. The zero-order valence-corrected chi connectivity index (χ0v) is 7.79. The molecule has 0 amide bonds. The minimum Gasteiger partial charge on any atom is -0.434 e. The SMILES string of the molecule is CC(=O)OC1CC(CCCN)NO1. The minimum atomic E-state index is -0.430. The quantitative estimate of drug-likeness (QED) is 0.603. The van der Waals surface area contributed by atoms with Crippen molar-refractivity contribution in [3.05, 3.63) is 0 Å². The Labute approximate surface area is 77.5 Å². The minimum absolute atomic E-state index is 0.257. The fourth-order valence-electron chi connectivity index (χ4n) is 1.30. The number of carbonyl (C=O) groups excluding carboxylic acids is 1. The zero-order chi connectivity index (χ0) is 9.68. The molecule has 0 aromatic heterocycles. The molecular formula is C8H16N2O3. The van der Waals surface area contributed by atoms with E-state index < -0.39 is 6.29 Å². The summed E-state index contributed by atoms with van der Waals surface area (Å²) in [4.78, 5) is 15.6. The van der Waals surface area contributed by atoms with Crippen LogP contribution >= 0.6 is 0 Å². The highest BCUT2D eigenvalue weighted by molar-refractivity contribution is 5.66. The van der Waals surface area contributed by atoms with Crippen LogP contribution in [0.3, 0.4) is 0 Å². The first-order valence-electron chi connectivity index (χ1n) is 4.51. The summed E-state index contributed by atoms with van der Waals surface area (Å²) in [6.07, 6.45) is 2.18. The summed E-state index contributed by atoms with van der Waals surface area (Å²) < 4.78 is 4.87. The van der Waals surface area contributed by atoms with Crippen molar-refractivity contribution in [1.82, 2.24) is 5.48 Å². The van der Waals surface area contributed by atoms with Gasteiger partial charge < -0.3 is 10.5 Å². The molecule has 0 aliphatic carbocycles. The maximum Gasteiger partial charge on any atom is 0.304 e. The molecule has 3 N–H and O–H groups in total. The lowest BCUT2D eigenvalue weighted by atomic mass is 10.1. The predicted molar refractivity (Wildman–Crippen MR) is 46.5 cm³/mol. The number of esters is 1. The van der Waals surface area contributed by atoms with Gasteiger partial charge in [-0.3, -0.25) is 9.63 Å². The summed E-state index contributed by atoms with van der Waals surface area (Å²) in [5, 5.41) is 0. The van der Waals surface area contributed by atoms with Crippen LogP contribution in [0.1, 0.15) is 26.2 Å². The predicted octanol–water partition coefficient (Wildman–Crippen LogP) is -0.0920. The van der Waals surface area contributed by atoms with E-state index in [1.54, 1.807) is 0 Å². The number of ether oxygens (including phenoxy) is 1. The molecule has 1 rings (SSSR count). The van der Waals surface area contributed by atoms with Gasteiger partial charge in [0.15, 0.2) is 0 Å². The summed E-state index contributed by atoms with van der Waals surface area (Å²) in [6.45, 7) is 2.05. The monoisotopic (exact) mass is 188 g/mol. The van der Waals surface area contributed by atoms with E-state index in [0.717, 1.165) is 12.8 Å². The highest BCUT2D eigenvalue weighted by atomic mass is 16.8. The topological polar surface area (TPSA) is 73.6 Å². The number of hydroxylamine groups is 1. The molecule has 0 aromatic rings. The van der Waals surface area contributed by atoms with Crippen molar-refractivity contribution in [3.8, 4) is 0 Å². The van der Waals surface area contributed by atoms with E-state index in [1.165, 1.54) is 6.92 Å². The Morgan fingerprint density at radius 1 is 1.77 bits per heavy atom. The highest BCUT2D eigenvalue weighted by Gasteiger charge is 2.26. The molecule has 0 radical (unpaired) electrons. The molecule has 0 aromatic carbocycles. The molecule has 1 aliphatic heterocycles. The zero-order valence-electron chi connectivity index (χ0n) is 7.79. The maximum absolute atomic E-state index is 10.6. The van der Waals surface area contributed by atoms with Gasteiger partial charge in [0.05, 0.1) is 0 Å². The average molecular weight is 188 g/mol. The fraction of sp³-hybridized carbons (Fsp3) is 0.875. The van der Waals surface area contributed by atoms with Gasteiger partial charge in [-0.05, 0) is 19.4 Å². The average Bonchev–Trinajstić information content (AvgIpc) is 2.48. The first-order valence-corrected chi connectivity index (χ1v) is 4.51. The molecule has 0 bridgehead atoms. The second-order valence-corrected chi connectivity index (χ2v) is 3.14. The van der Waals surface area contributed by atoms with Crippen molar-refractivity contribution in [2.45, 2.75) is 38.5 Å². The molecule has 13 heavy (non-hydrogen) atoms. The third-order valence-corrected chi connectivity index (χ3v) is 1.90. The van der Waals surface area contributed by atoms with Crippen LogP contribution in [0.4, 0.5) is 0 Å². The Hall–Kier alpha value is -0.650. The molecule has 76 valence electrons. The second kappa shape index (κ2) is 5.16. The van der Waals surface area contributed by atoms with Crippen molar-refractivity contribution in [3.63, 3.8) is 0 Å². The Morgan fingerprint density at radius 3 is 3.15 bits per heavy atom. The Balaban J connectivity index is 2.16. The smallest absolute Gasteiger partial charge is 0.304 e. The molecule has 1 aliphatic rings. The van der Waals surface area contributed by atoms with E-state index in [0.29, 0.717) is 13.0 Å². The van der Waals surface area contributed by atoms with Gasteiger partial charge in [-0.15, -0.1) is 0 Å². The molecule has 5 nitrogen and oxygen atoms in total. The molecule has 0 spiro atoms. The van der Waals surface area contributed by atoms with E-state index >= 15 is 0 Å². The van der Waals surface area contributed by atoms with Crippen molar-refractivity contribution < 1.29 is 14.4 Å². The Morgan fingerprint density at radius 2 is 2.54 bits per heavy atom. The normalized spacial score (nSPS) is 27.5. The molecule has 2 atom stereocenters. The largest absolute Gasteiger partial charge is 0.434 e. The van der Waals surface area contributed by atoms with Crippen molar-refractivity contribution in [1.29, 1.82) is 0 Å². The van der Waals surface area contributed by atoms with Gasteiger partial charge in [-0.2, -0.15) is 5.48 Å². The molecule has 1 heterocycles. The summed E-state index contributed by atoms with van der Waals surface area (Å²) in [7, 11) is 0. The van der Waals surface area contributed by atoms with Crippen LogP contribution in [0, 0.1) is 0 Å². The van der Waals surface area contributed by atoms with E-state index in [-0.39, 0.29) is 12.0 Å². The highest BCUT2D eigenvalue weighted by Crippen LogP contribution is 2.15. The molecule has 2 unspecified atom stereocenters. The van der Waals surface area contributed by atoms with Gasteiger partial charge in [-0.25, -0.2) is 0 Å². The number of carbonyl (C=O) groups is 1. The number of nitrogens with two attached hydrogens (primary N) is 1. The summed E-state index contributed by atoms with van der Waals surface area (Å²) in [5.41, 5.74) is 8.18. The van der Waals surface area contributed by atoms with Gasteiger partial charge in [-0.1, -0.05) is 0 Å². The van der Waals surface area contributed by atoms with Crippen molar-refractivity contribution in [2.24, 2.45) is 5.73 Å². The van der Waals surface area contributed by atoms with E-state index in [4.69, 9.17) is 15.3 Å². The van der Waals surface area contributed by atoms with Gasteiger partial charge in [0.25, 0.3) is 0 Å². The molecule has 0 saturated carbocycles. The number of hydrogen-bond donors (Lipinski definition) is 2. The lowest BCUT2D eigenvalue weighted by molar-refractivity contribution is -0.175. The van der Waals surface area contributed by atoms with Gasteiger partial charge in [0, 0.05) is 19.4 Å². The summed E-state index contributed by atoms with van der Waals surface area (Å²) in [6, 6.07) is 0.257. The number of nitrogens with one attached hydrogen (secondary N) is 1. The van der Waals surface area contributed by atoms with Crippen molar-refractivity contribution >= 4 is 5.97 Å². The standard InChI is InChI=1S/C8H16N2O3/c1-6(11)12-8-5-7(10-13-8)3-2-4-9/h7-8,10H,2-5,9H2,1H3. The number of rotatable bonds is 4. The Bertz CT molecular complexity index is 175. The van der Waals surface area contributed by atoms with Crippen LogP contribution < -0.4 is 11.2 Å². The van der Waals surface area contributed by atoms with Gasteiger partial charge >= 0.3 is 5.97 Å². The van der Waals surface area contributed by atoms with Crippen LogP contribution in [-0.4, -0.2) is 24.8 Å². The van der Waals surface area contributed by atoms with E-state index in [9.17, 15) is 4.79 Å². The van der Waals surface area contributed by atoms with Crippen LogP contribution in [0.25, 0.3) is 0 Å².